The first-order valence-electron chi connectivity index (χ1n) is 7.91. The molecule has 1 heterocycles. The molecule has 0 saturated heterocycles. The number of primary amides is 1. The number of hydrazone groups is 1. The topological polar surface area (TPSA) is 58.7 Å². The van der Waals surface area contributed by atoms with Crippen LogP contribution < -0.4 is 5.73 Å². The largest absolute Gasteiger partial charge is 0.372 e. The van der Waals surface area contributed by atoms with Crippen molar-refractivity contribution in [2.24, 2.45) is 10.8 Å². The van der Waals surface area contributed by atoms with Gasteiger partial charge in [0.1, 0.15) is 0 Å². The molecule has 128 valence electrons. The summed E-state index contributed by atoms with van der Waals surface area (Å²) in [4.78, 5) is 8.58. The van der Waals surface area contributed by atoms with E-state index in [1.54, 1.807) is 0 Å². The summed E-state index contributed by atoms with van der Waals surface area (Å²) in [5, 5.41) is 7.41. The minimum Gasteiger partial charge on any atom is -0.372 e. The first kappa shape index (κ1) is 19.7. The van der Waals surface area contributed by atoms with Gasteiger partial charge in [-0.2, -0.15) is 5.10 Å². The van der Waals surface area contributed by atoms with Crippen molar-refractivity contribution in [2.75, 3.05) is 13.6 Å². The van der Waals surface area contributed by atoms with Gasteiger partial charge in [-0.3, -0.25) is 9.80 Å². The van der Waals surface area contributed by atoms with Gasteiger partial charge in [0.05, 0.1) is 5.71 Å². The fourth-order valence-electron chi connectivity index (χ4n) is 2.47. The van der Waals surface area contributed by atoms with Gasteiger partial charge in [-0.1, -0.05) is 67.9 Å². The smallest absolute Gasteiger partial charge is 0.204 e. The van der Waals surface area contributed by atoms with Crippen molar-refractivity contribution in [3.05, 3.63) is 70.7 Å². The summed E-state index contributed by atoms with van der Waals surface area (Å²) in [5.41, 5.74) is 7.73. The number of carbonyl (C=O) groups excluding carboxylic acids is 1. The molecule has 5 heteroatoms. The van der Waals surface area contributed by atoms with Crippen molar-refractivity contribution in [3.8, 4) is 0 Å². The number of rotatable bonds is 2. The van der Waals surface area contributed by atoms with Crippen molar-refractivity contribution in [2.45, 2.75) is 19.8 Å². The number of likely N-dealkylation sites (N-methyl/N-ethyl adjacent to an activating group) is 1. The molecule has 1 atom stereocenters. The van der Waals surface area contributed by atoms with E-state index in [4.69, 9.17) is 16.4 Å². The van der Waals surface area contributed by atoms with E-state index in [-0.39, 0.29) is 6.41 Å². The number of halogens is 1. The maximum Gasteiger partial charge on any atom is 0.204 e. The predicted octanol–water partition coefficient (Wildman–Crippen LogP) is 3.90. The van der Waals surface area contributed by atoms with E-state index in [1.165, 1.54) is 5.56 Å². The molecule has 0 fully saturated rings. The summed E-state index contributed by atoms with van der Waals surface area (Å²) in [6.45, 7) is 4.92. The highest BCUT2D eigenvalue weighted by atomic mass is 35.5. The molecule has 0 radical (unpaired) electrons. The fraction of sp³-hybridized carbons (Fsp3) is 0.263. The van der Waals surface area contributed by atoms with Gasteiger partial charge in [0.2, 0.25) is 6.41 Å². The van der Waals surface area contributed by atoms with Gasteiger partial charge in [-0.25, -0.2) is 0 Å². The summed E-state index contributed by atoms with van der Waals surface area (Å²) in [6.07, 6.45) is 0.250. The van der Waals surface area contributed by atoms with Crippen LogP contribution in [0.2, 0.25) is 5.02 Å². The second-order valence-electron chi connectivity index (χ2n) is 4.93. The second kappa shape index (κ2) is 10.4. The zero-order valence-corrected chi connectivity index (χ0v) is 15.1. The molecule has 2 aromatic rings. The molecule has 0 spiro atoms. The Morgan fingerprint density at radius 2 is 1.67 bits per heavy atom. The SMILES string of the molecule is CC.CN1CC(c2ccccc2)C(c2ccc(Cl)cc2)=N1.NC=O. The van der Waals surface area contributed by atoms with Crippen molar-refractivity contribution in [1.29, 1.82) is 0 Å². The molecule has 0 bridgehead atoms. The Morgan fingerprint density at radius 3 is 2.21 bits per heavy atom. The van der Waals surface area contributed by atoms with Crippen LogP contribution in [0.25, 0.3) is 0 Å². The fourth-order valence-corrected chi connectivity index (χ4v) is 2.60. The van der Waals surface area contributed by atoms with Crippen LogP contribution in [0.5, 0.6) is 0 Å². The molecule has 2 aromatic carbocycles. The summed E-state index contributed by atoms with van der Waals surface area (Å²) in [7, 11) is 2.01. The highest BCUT2D eigenvalue weighted by Crippen LogP contribution is 2.28. The van der Waals surface area contributed by atoms with Gasteiger partial charge in [-0.15, -0.1) is 0 Å². The van der Waals surface area contributed by atoms with Gasteiger partial charge in [0, 0.05) is 24.5 Å². The third kappa shape index (κ3) is 5.39. The Hall–Kier alpha value is -2.33. The molecule has 1 unspecified atom stereocenters. The monoisotopic (exact) mass is 345 g/mol. The summed E-state index contributed by atoms with van der Waals surface area (Å²) in [6, 6.07) is 18.4. The van der Waals surface area contributed by atoms with Crippen LogP contribution in [0.1, 0.15) is 30.9 Å². The van der Waals surface area contributed by atoms with Gasteiger partial charge >= 0.3 is 0 Å². The predicted molar refractivity (Wildman–Crippen MR) is 101 cm³/mol. The van der Waals surface area contributed by atoms with E-state index in [0.717, 1.165) is 22.8 Å². The lowest BCUT2D eigenvalue weighted by Crippen LogP contribution is -2.15. The number of amides is 1. The zero-order chi connectivity index (χ0) is 17.9. The van der Waals surface area contributed by atoms with Gasteiger partial charge in [0.15, 0.2) is 0 Å². The molecule has 0 aromatic heterocycles. The molecule has 0 aliphatic carbocycles. The molecular formula is C19H24ClN3O. The van der Waals surface area contributed by atoms with Crippen molar-refractivity contribution in [1.82, 2.24) is 5.01 Å². The van der Waals surface area contributed by atoms with Crippen LogP contribution in [0, 0.1) is 0 Å². The average Bonchev–Trinajstić information content (AvgIpc) is 3.01. The maximum atomic E-state index is 8.58. The Kier molecular flexibility index (Phi) is 8.58. The van der Waals surface area contributed by atoms with Crippen LogP contribution in [0.3, 0.4) is 0 Å². The van der Waals surface area contributed by atoms with E-state index >= 15 is 0 Å². The van der Waals surface area contributed by atoms with Crippen LogP contribution in [0.4, 0.5) is 0 Å². The standard InChI is InChI=1S/C16H15ClN2.C2H6.CH3NO/c1-19-11-15(12-5-3-2-4-6-12)16(18-19)13-7-9-14(17)10-8-13;1-2;2-1-3/h2-10,15H,11H2,1H3;1-2H3;1H,(H2,2,3). The van der Waals surface area contributed by atoms with Crippen molar-refractivity contribution < 1.29 is 4.79 Å². The first-order valence-corrected chi connectivity index (χ1v) is 8.29. The van der Waals surface area contributed by atoms with Crippen LogP contribution in [-0.4, -0.2) is 30.7 Å². The third-order valence-corrected chi connectivity index (χ3v) is 3.65. The minimum absolute atomic E-state index is 0.250. The molecule has 0 saturated carbocycles. The molecule has 3 rings (SSSR count). The number of nitrogens with two attached hydrogens (primary N) is 1. The Labute approximate surface area is 148 Å². The Balaban J connectivity index is 0.000000521. The van der Waals surface area contributed by atoms with Crippen LogP contribution >= 0.6 is 11.6 Å². The van der Waals surface area contributed by atoms with E-state index < -0.39 is 0 Å². The molecule has 1 aliphatic rings. The molecule has 24 heavy (non-hydrogen) atoms. The normalized spacial score (nSPS) is 15.4. The molecular weight excluding hydrogens is 322 g/mol. The molecule has 4 nitrogen and oxygen atoms in total. The molecule has 1 aliphatic heterocycles. The summed E-state index contributed by atoms with van der Waals surface area (Å²) >= 11 is 5.95. The summed E-state index contributed by atoms with van der Waals surface area (Å²) in [5.74, 6) is 0.326. The Bertz CT molecular complexity index is 641. The second-order valence-corrected chi connectivity index (χ2v) is 5.37. The lowest BCUT2D eigenvalue weighted by atomic mass is 9.91. The Morgan fingerprint density at radius 1 is 1.12 bits per heavy atom. The number of hydrogen-bond donors (Lipinski definition) is 1. The van der Waals surface area contributed by atoms with Gasteiger partial charge in [-0.05, 0) is 23.3 Å². The van der Waals surface area contributed by atoms with Gasteiger partial charge in [0.25, 0.3) is 0 Å². The average molecular weight is 346 g/mol. The van der Waals surface area contributed by atoms with Gasteiger partial charge < -0.3 is 5.73 Å². The quantitative estimate of drug-likeness (QED) is 0.839. The highest BCUT2D eigenvalue weighted by molar-refractivity contribution is 6.30. The summed E-state index contributed by atoms with van der Waals surface area (Å²) < 4.78 is 0. The molecule has 1 amide bonds. The van der Waals surface area contributed by atoms with Crippen molar-refractivity contribution in [3.63, 3.8) is 0 Å². The highest BCUT2D eigenvalue weighted by Gasteiger charge is 2.27. The minimum atomic E-state index is 0.250. The van der Waals surface area contributed by atoms with Crippen LogP contribution in [0.15, 0.2) is 59.7 Å². The third-order valence-electron chi connectivity index (χ3n) is 3.40. The number of nitrogens with zero attached hydrogens (tertiary/aromatic N) is 2. The lowest BCUT2D eigenvalue weighted by Gasteiger charge is -2.13. The maximum absolute atomic E-state index is 8.58. The van der Waals surface area contributed by atoms with E-state index in [0.29, 0.717) is 5.92 Å². The van der Waals surface area contributed by atoms with E-state index in [9.17, 15) is 0 Å². The van der Waals surface area contributed by atoms with Crippen molar-refractivity contribution >= 4 is 23.7 Å². The van der Waals surface area contributed by atoms with E-state index in [2.05, 4.69) is 35.1 Å². The van der Waals surface area contributed by atoms with Crippen LogP contribution in [-0.2, 0) is 4.79 Å². The number of hydrogen-bond acceptors (Lipinski definition) is 3. The number of benzene rings is 2. The first-order chi connectivity index (χ1) is 11.7. The molecule has 2 N–H and O–H groups in total. The number of carbonyl (C=O) groups is 1. The lowest BCUT2D eigenvalue weighted by molar-refractivity contribution is -0.106. The van der Waals surface area contributed by atoms with E-state index in [1.807, 2.05) is 56.2 Å². The zero-order valence-electron chi connectivity index (χ0n) is 14.3.